The number of benzene rings is 1. The summed E-state index contributed by atoms with van der Waals surface area (Å²) in [5, 5.41) is 6.52. The average Bonchev–Trinajstić information content (AvgIpc) is 2.54. The number of nitrogens with one attached hydrogen (secondary N) is 2. The number of aliphatic imine (C=N–C) groups is 1. The third kappa shape index (κ3) is 9.36. The van der Waals surface area contributed by atoms with Crippen molar-refractivity contribution in [2.75, 3.05) is 39.3 Å². The number of unbranched alkanes of at least 4 members (excludes halogenated alkanes) is 1. The van der Waals surface area contributed by atoms with Crippen LogP contribution in [0, 0.1) is 5.82 Å². The molecular formula is C16H27FIN3OS. The van der Waals surface area contributed by atoms with Crippen molar-refractivity contribution in [2.45, 2.75) is 18.9 Å². The van der Waals surface area contributed by atoms with Crippen LogP contribution in [0.15, 0.2) is 29.3 Å². The highest BCUT2D eigenvalue weighted by Crippen LogP contribution is 2.15. The van der Waals surface area contributed by atoms with E-state index >= 15 is 0 Å². The maximum absolute atomic E-state index is 13.0. The summed E-state index contributed by atoms with van der Waals surface area (Å²) >= 11 is 1.87. The van der Waals surface area contributed by atoms with Crippen molar-refractivity contribution in [1.82, 2.24) is 10.6 Å². The van der Waals surface area contributed by atoms with Crippen molar-refractivity contribution in [2.24, 2.45) is 4.99 Å². The largest absolute Gasteiger partial charge is 0.375 e. The van der Waals surface area contributed by atoms with Crippen molar-refractivity contribution < 1.29 is 9.13 Å². The van der Waals surface area contributed by atoms with Gasteiger partial charge in [-0.1, -0.05) is 12.1 Å². The molecule has 2 N–H and O–H groups in total. The molecule has 1 rings (SSSR count). The summed E-state index contributed by atoms with van der Waals surface area (Å²) in [6, 6.07) is 6.37. The summed E-state index contributed by atoms with van der Waals surface area (Å²) in [4.78, 5) is 4.19. The number of guanidine groups is 1. The van der Waals surface area contributed by atoms with Crippen LogP contribution in [0.1, 0.15) is 24.5 Å². The molecule has 0 bridgehead atoms. The minimum atomic E-state index is -0.241. The second-order valence-electron chi connectivity index (χ2n) is 4.86. The van der Waals surface area contributed by atoms with Crippen LogP contribution in [-0.2, 0) is 4.74 Å². The second-order valence-corrected chi connectivity index (χ2v) is 5.84. The van der Waals surface area contributed by atoms with E-state index in [1.54, 1.807) is 26.3 Å². The Balaban J connectivity index is 0.00000484. The lowest BCUT2D eigenvalue weighted by Gasteiger charge is -2.18. The summed E-state index contributed by atoms with van der Waals surface area (Å²) in [5.74, 6) is 1.70. The molecule has 1 aromatic carbocycles. The average molecular weight is 455 g/mol. The van der Waals surface area contributed by atoms with Crippen LogP contribution in [0.25, 0.3) is 0 Å². The molecule has 0 saturated heterocycles. The van der Waals surface area contributed by atoms with Gasteiger partial charge in [-0.3, -0.25) is 4.99 Å². The third-order valence-corrected chi connectivity index (χ3v) is 3.97. The van der Waals surface area contributed by atoms with Crippen LogP contribution in [0.2, 0.25) is 0 Å². The SMILES string of the molecule is CN=C(NCCCCSC)NCC(OC)c1ccc(F)cc1.I. The van der Waals surface area contributed by atoms with E-state index in [-0.39, 0.29) is 35.9 Å². The number of rotatable bonds is 9. The Morgan fingerprint density at radius 3 is 2.52 bits per heavy atom. The van der Waals surface area contributed by atoms with Gasteiger partial charge in [-0.05, 0) is 42.5 Å². The number of hydrogen-bond donors (Lipinski definition) is 2. The van der Waals surface area contributed by atoms with E-state index < -0.39 is 0 Å². The Hall–Kier alpha value is -0.540. The van der Waals surface area contributed by atoms with Crippen molar-refractivity contribution in [1.29, 1.82) is 0 Å². The van der Waals surface area contributed by atoms with Crippen LogP contribution in [-0.4, -0.2) is 45.2 Å². The number of hydrogen-bond acceptors (Lipinski definition) is 3. The molecule has 0 aromatic heterocycles. The fraction of sp³-hybridized carbons (Fsp3) is 0.562. The highest BCUT2D eigenvalue weighted by molar-refractivity contribution is 14.0. The highest BCUT2D eigenvalue weighted by Gasteiger charge is 2.11. The molecule has 4 nitrogen and oxygen atoms in total. The number of ether oxygens (including phenoxy) is 1. The lowest BCUT2D eigenvalue weighted by molar-refractivity contribution is 0.106. The zero-order chi connectivity index (χ0) is 16.2. The maximum Gasteiger partial charge on any atom is 0.191 e. The Morgan fingerprint density at radius 2 is 1.96 bits per heavy atom. The molecule has 132 valence electrons. The molecule has 0 spiro atoms. The van der Waals surface area contributed by atoms with Gasteiger partial charge in [0.15, 0.2) is 5.96 Å². The van der Waals surface area contributed by atoms with Gasteiger partial charge in [-0.25, -0.2) is 4.39 Å². The van der Waals surface area contributed by atoms with Crippen LogP contribution < -0.4 is 10.6 Å². The van der Waals surface area contributed by atoms with Crippen molar-refractivity contribution in [3.8, 4) is 0 Å². The van der Waals surface area contributed by atoms with Gasteiger partial charge < -0.3 is 15.4 Å². The van der Waals surface area contributed by atoms with Gasteiger partial charge >= 0.3 is 0 Å². The summed E-state index contributed by atoms with van der Waals surface area (Å²) in [7, 11) is 3.39. The smallest absolute Gasteiger partial charge is 0.191 e. The van der Waals surface area contributed by atoms with Crippen LogP contribution >= 0.6 is 35.7 Å². The molecule has 0 amide bonds. The molecule has 0 fully saturated rings. The van der Waals surface area contributed by atoms with E-state index in [1.165, 1.54) is 24.3 Å². The molecule has 1 unspecified atom stereocenters. The van der Waals surface area contributed by atoms with Gasteiger partial charge in [0.05, 0.1) is 6.10 Å². The number of methoxy groups -OCH3 is 1. The Labute approximate surface area is 160 Å². The molecule has 7 heteroatoms. The van der Waals surface area contributed by atoms with Gasteiger partial charge in [0, 0.05) is 27.2 Å². The van der Waals surface area contributed by atoms with E-state index in [1.807, 2.05) is 11.8 Å². The van der Waals surface area contributed by atoms with Gasteiger partial charge in [0.25, 0.3) is 0 Å². The fourth-order valence-electron chi connectivity index (χ4n) is 2.00. The molecular weight excluding hydrogens is 428 g/mol. The Morgan fingerprint density at radius 1 is 1.26 bits per heavy atom. The lowest BCUT2D eigenvalue weighted by atomic mass is 10.1. The highest BCUT2D eigenvalue weighted by atomic mass is 127. The second kappa shape index (κ2) is 13.9. The first-order valence-electron chi connectivity index (χ1n) is 7.43. The van der Waals surface area contributed by atoms with E-state index in [9.17, 15) is 4.39 Å². The zero-order valence-corrected chi connectivity index (χ0v) is 17.1. The molecule has 23 heavy (non-hydrogen) atoms. The Kier molecular flexibility index (Phi) is 13.5. The molecule has 1 atom stereocenters. The Bertz CT molecular complexity index is 445. The van der Waals surface area contributed by atoms with Crippen LogP contribution in [0.3, 0.4) is 0 Å². The molecule has 0 aliphatic carbocycles. The summed E-state index contributed by atoms with van der Waals surface area (Å²) in [6.07, 6.45) is 4.29. The molecule has 0 aliphatic heterocycles. The lowest BCUT2D eigenvalue weighted by Crippen LogP contribution is -2.40. The minimum absolute atomic E-state index is 0. The van der Waals surface area contributed by atoms with E-state index in [2.05, 4.69) is 21.9 Å². The van der Waals surface area contributed by atoms with Gasteiger partial charge in [-0.2, -0.15) is 11.8 Å². The minimum Gasteiger partial charge on any atom is -0.375 e. The predicted molar refractivity (Wildman–Crippen MR) is 109 cm³/mol. The van der Waals surface area contributed by atoms with Crippen LogP contribution in [0.5, 0.6) is 0 Å². The standard InChI is InChI=1S/C16H26FN3OS.HI/c1-18-16(19-10-4-5-11-22-3)20-12-15(21-2)13-6-8-14(17)9-7-13;/h6-9,15H,4-5,10-12H2,1-3H3,(H2,18,19,20);1H. The predicted octanol–water partition coefficient (Wildman–Crippen LogP) is 3.44. The summed E-state index contributed by atoms with van der Waals surface area (Å²) < 4.78 is 18.4. The first kappa shape index (κ1) is 22.5. The van der Waals surface area contributed by atoms with Crippen molar-refractivity contribution >= 4 is 41.7 Å². The van der Waals surface area contributed by atoms with E-state index in [4.69, 9.17) is 4.74 Å². The normalized spacial score (nSPS) is 12.4. The molecule has 0 heterocycles. The number of halogens is 2. The zero-order valence-electron chi connectivity index (χ0n) is 14.0. The molecule has 0 saturated carbocycles. The van der Waals surface area contributed by atoms with E-state index in [0.717, 1.165) is 24.5 Å². The van der Waals surface area contributed by atoms with Crippen molar-refractivity contribution in [3.63, 3.8) is 0 Å². The molecule has 0 aliphatic rings. The van der Waals surface area contributed by atoms with Crippen LogP contribution in [0.4, 0.5) is 4.39 Å². The topological polar surface area (TPSA) is 45.7 Å². The maximum atomic E-state index is 13.0. The van der Waals surface area contributed by atoms with Gasteiger partial charge in [0.2, 0.25) is 0 Å². The van der Waals surface area contributed by atoms with E-state index in [0.29, 0.717) is 6.54 Å². The van der Waals surface area contributed by atoms with Gasteiger partial charge in [0.1, 0.15) is 5.82 Å². The molecule has 0 radical (unpaired) electrons. The summed E-state index contributed by atoms with van der Waals surface area (Å²) in [6.45, 7) is 1.47. The first-order valence-corrected chi connectivity index (χ1v) is 8.82. The van der Waals surface area contributed by atoms with Gasteiger partial charge in [-0.15, -0.1) is 24.0 Å². The summed E-state index contributed by atoms with van der Waals surface area (Å²) in [5.41, 5.74) is 0.937. The number of nitrogens with zero attached hydrogens (tertiary/aromatic N) is 1. The number of thioether (sulfide) groups is 1. The monoisotopic (exact) mass is 455 g/mol. The fourth-order valence-corrected chi connectivity index (χ4v) is 2.50. The third-order valence-electron chi connectivity index (χ3n) is 3.27. The quantitative estimate of drug-likeness (QED) is 0.259. The first-order chi connectivity index (χ1) is 10.7. The van der Waals surface area contributed by atoms with Crippen molar-refractivity contribution in [3.05, 3.63) is 35.6 Å². The molecule has 1 aromatic rings.